The zero-order valence-electron chi connectivity index (χ0n) is 13.0. The monoisotopic (exact) mass is 437 g/mol. The lowest BCUT2D eigenvalue weighted by molar-refractivity contribution is -0.435. The van der Waals surface area contributed by atoms with Crippen LogP contribution in [0.4, 0.5) is 0 Å². The highest BCUT2D eigenvalue weighted by molar-refractivity contribution is 7.90. The van der Waals surface area contributed by atoms with E-state index in [1.54, 1.807) is 6.08 Å². The summed E-state index contributed by atoms with van der Waals surface area (Å²) in [4.78, 5) is 12.4. The van der Waals surface area contributed by atoms with Gasteiger partial charge >= 0.3 is 0 Å². The molecule has 0 saturated carbocycles. The Morgan fingerprint density at radius 3 is 2.29 bits per heavy atom. The van der Waals surface area contributed by atoms with Crippen molar-refractivity contribution in [1.82, 2.24) is 0 Å². The molecular weight excluding hydrogens is 413 g/mol. The summed E-state index contributed by atoms with van der Waals surface area (Å²) in [6.07, 6.45) is 8.93. The van der Waals surface area contributed by atoms with E-state index >= 15 is 0 Å². The van der Waals surface area contributed by atoms with Crippen molar-refractivity contribution >= 4 is 41.7 Å². The molecule has 0 bridgehead atoms. The number of thiol groups is 1. The average molecular weight is 437 g/mol. The van der Waals surface area contributed by atoms with Gasteiger partial charge < -0.3 is 24.0 Å². The van der Waals surface area contributed by atoms with E-state index in [1.165, 1.54) is 11.3 Å². The van der Waals surface area contributed by atoms with Gasteiger partial charge in [-0.15, -0.1) is 12.6 Å². The predicted octanol–water partition coefficient (Wildman–Crippen LogP) is 1.10. The van der Waals surface area contributed by atoms with Gasteiger partial charge in [0.05, 0.1) is 6.08 Å². The maximum absolute atomic E-state index is 10.8. The molecule has 0 aromatic heterocycles. The van der Waals surface area contributed by atoms with Gasteiger partial charge in [0, 0.05) is 16.9 Å². The summed E-state index contributed by atoms with van der Waals surface area (Å²) in [7, 11) is 2.00. The molecule has 0 unspecified atom stereocenters. The minimum Gasteiger partial charge on any atom is -1.00 e. The Morgan fingerprint density at radius 1 is 1.19 bits per heavy atom. The molecule has 0 saturated heterocycles. The largest absolute Gasteiger partial charge is 1.00 e. The van der Waals surface area contributed by atoms with E-state index < -0.39 is 0 Å². The highest BCUT2D eigenvalue weighted by Gasteiger charge is 2.31. The molecule has 0 fully saturated rings. The van der Waals surface area contributed by atoms with Crippen LogP contribution in [0.1, 0.15) is 52.4 Å². The van der Waals surface area contributed by atoms with Gasteiger partial charge in [-0.25, -0.2) is 0 Å². The lowest BCUT2D eigenvalue weighted by Gasteiger charge is -2.19. The highest BCUT2D eigenvalue weighted by Crippen LogP contribution is 2.28. The second kappa shape index (κ2) is 10.7. The Kier molecular flexibility index (Phi) is 10.7. The molecule has 0 aliphatic carbocycles. The molecule has 21 heavy (non-hydrogen) atoms. The quantitative estimate of drug-likeness (QED) is 0.161. The number of halogens is 1. The molecule has 1 aliphatic rings. The SMILES string of the molecule is CCCCC1=C(S)C(=S)/C(=C\C=O)[N+](C)=C1CCCC.[I-]. The van der Waals surface area contributed by atoms with Crippen LogP contribution in [0.15, 0.2) is 22.3 Å². The fourth-order valence-corrected chi connectivity index (χ4v) is 3.11. The molecule has 1 rings (SSSR count). The molecule has 0 aromatic carbocycles. The van der Waals surface area contributed by atoms with Crippen LogP contribution in [0.5, 0.6) is 0 Å². The third-order valence-electron chi connectivity index (χ3n) is 3.62. The summed E-state index contributed by atoms with van der Waals surface area (Å²) in [6, 6.07) is 0. The Labute approximate surface area is 156 Å². The van der Waals surface area contributed by atoms with Gasteiger partial charge in [0.25, 0.3) is 0 Å². The van der Waals surface area contributed by atoms with Crippen LogP contribution in [0.3, 0.4) is 0 Å². The molecule has 1 heterocycles. The van der Waals surface area contributed by atoms with E-state index in [9.17, 15) is 4.79 Å². The first-order valence-electron chi connectivity index (χ1n) is 7.30. The summed E-state index contributed by atoms with van der Waals surface area (Å²) >= 11 is 10.1. The van der Waals surface area contributed by atoms with Crippen LogP contribution in [-0.2, 0) is 4.79 Å². The molecule has 0 amide bonds. The fraction of sp³-hybridized carbons (Fsp3) is 0.562. The maximum atomic E-state index is 10.8. The number of nitrogens with zero attached hydrogens (tertiary/aromatic N) is 1. The van der Waals surface area contributed by atoms with Crippen LogP contribution in [0.2, 0.25) is 0 Å². The van der Waals surface area contributed by atoms with E-state index in [0.29, 0.717) is 4.86 Å². The smallest absolute Gasteiger partial charge is 0.227 e. The third kappa shape index (κ3) is 5.28. The van der Waals surface area contributed by atoms with Gasteiger partial charge in [-0.3, -0.25) is 4.79 Å². The molecule has 0 atom stereocenters. The predicted molar refractivity (Wildman–Crippen MR) is 93.0 cm³/mol. The molecule has 0 radical (unpaired) electrons. The summed E-state index contributed by atoms with van der Waals surface area (Å²) in [5.74, 6) is 0. The number of carbonyl (C=O) groups is 1. The van der Waals surface area contributed by atoms with Crippen LogP contribution in [-0.4, -0.2) is 28.5 Å². The van der Waals surface area contributed by atoms with Gasteiger partial charge in [0.2, 0.25) is 5.70 Å². The van der Waals surface area contributed by atoms with E-state index in [1.807, 2.05) is 7.05 Å². The van der Waals surface area contributed by atoms with Crippen molar-refractivity contribution in [2.75, 3.05) is 7.05 Å². The van der Waals surface area contributed by atoms with Crippen molar-refractivity contribution in [3.05, 3.63) is 22.3 Å². The van der Waals surface area contributed by atoms with Crippen molar-refractivity contribution in [3.63, 3.8) is 0 Å². The Balaban J connectivity index is 0.00000400. The topological polar surface area (TPSA) is 20.1 Å². The third-order valence-corrected chi connectivity index (χ3v) is 4.68. The number of allylic oxidation sites excluding steroid dienone is 3. The van der Waals surface area contributed by atoms with Gasteiger partial charge in [-0.1, -0.05) is 38.9 Å². The number of thiocarbonyl (C=S) groups is 1. The molecule has 118 valence electrons. The number of hydrogen-bond donors (Lipinski definition) is 1. The van der Waals surface area contributed by atoms with Crippen molar-refractivity contribution in [3.8, 4) is 0 Å². The van der Waals surface area contributed by atoms with Crippen LogP contribution in [0, 0.1) is 0 Å². The first-order chi connectivity index (χ1) is 9.58. The van der Waals surface area contributed by atoms with E-state index in [4.69, 9.17) is 12.2 Å². The zero-order chi connectivity index (χ0) is 15.1. The lowest BCUT2D eigenvalue weighted by atomic mass is 9.94. The zero-order valence-corrected chi connectivity index (χ0v) is 16.9. The van der Waals surface area contributed by atoms with E-state index in [0.717, 1.165) is 55.4 Å². The van der Waals surface area contributed by atoms with Gasteiger partial charge in [0.15, 0.2) is 5.71 Å². The summed E-state index contributed by atoms with van der Waals surface area (Å²) < 4.78 is 2.08. The number of carbonyl (C=O) groups excluding carboxylic acids is 1. The van der Waals surface area contributed by atoms with Crippen LogP contribution < -0.4 is 24.0 Å². The molecular formula is C16H24INOS2. The maximum Gasteiger partial charge on any atom is 0.227 e. The second-order valence-corrected chi connectivity index (χ2v) is 5.91. The Morgan fingerprint density at radius 2 is 1.76 bits per heavy atom. The highest BCUT2D eigenvalue weighted by atomic mass is 127. The Bertz CT molecular complexity index is 493. The second-order valence-electron chi connectivity index (χ2n) is 5.06. The van der Waals surface area contributed by atoms with Gasteiger partial charge in [-0.2, -0.15) is 4.58 Å². The molecule has 0 spiro atoms. The molecule has 5 heteroatoms. The minimum atomic E-state index is 0. The summed E-state index contributed by atoms with van der Waals surface area (Å²) in [6.45, 7) is 4.38. The molecule has 0 aromatic rings. The van der Waals surface area contributed by atoms with E-state index in [-0.39, 0.29) is 24.0 Å². The van der Waals surface area contributed by atoms with Crippen molar-refractivity contribution in [1.29, 1.82) is 0 Å². The van der Waals surface area contributed by atoms with Crippen molar-refractivity contribution < 1.29 is 33.3 Å². The van der Waals surface area contributed by atoms with Crippen molar-refractivity contribution in [2.24, 2.45) is 0 Å². The average Bonchev–Trinajstić information content (AvgIpc) is 2.45. The standard InChI is InChI=1S/C16H23NOS2.HI/c1-4-6-8-12-13(9-7-5-2)17(3)14(10-11-18)16(20)15(12)19;/h10-11H,4-9H2,1-3H3;1H/b14-10+;. The number of aldehydes is 1. The lowest BCUT2D eigenvalue weighted by Crippen LogP contribution is -3.00. The molecule has 0 N–H and O–H groups in total. The van der Waals surface area contributed by atoms with Gasteiger partial charge in [-0.05, 0) is 19.3 Å². The summed E-state index contributed by atoms with van der Waals surface area (Å²) in [5.41, 5.74) is 3.33. The van der Waals surface area contributed by atoms with Crippen LogP contribution in [0.25, 0.3) is 0 Å². The number of rotatable bonds is 7. The number of hydrogen-bond acceptors (Lipinski definition) is 3. The normalized spacial score (nSPS) is 17.3. The fourth-order valence-electron chi connectivity index (χ4n) is 2.43. The number of unbranched alkanes of at least 4 members (excludes halogenated alkanes) is 2. The first-order valence-corrected chi connectivity index (χ1v) is 8.16. The van der Waals surface area contributed by atoms with Crippen LogP contribution >= 0.6 is 24.8 Å². The Hall–Kier alpha value is -0.0100. The first kappa shape index (κ1) is 21.0. The van der Waals surface area contributed by atoms with Gasteiger partial charge in [0.1, 0.15) is 18.2 Å². The minimum absolute atomic E-state index is 0. The van der Waals surface area contributed by atoms with Crippen molar-refractivity contribution in [2.45, 2.75) is 52.4 Å². The molecule has 1 aliphatic heterocycles. The van der Waals surface area contributed by atoms with E-state index in [2.05, 4.69) is 31.1 Å². The summed E-state index contributed by atoms with van der Waals surface area (Å²) in [5, 5.41) is 0. The molecule has 2 nitrogen and oxygen atoms in total.